The van der Waals surface area contributed by atoms with E-state index in [1.807, 2.05) is 0 Å². The number of amides is 3. The minimum Gasteiger partial charge on any atom is -0.481 e. The normalized spacial score (nSPS) is 11.6. The van der Waals surface area contributed by atoms with Gasteiger partial charge in [0.1, 0.15) is 22.0 Å². The molecule has 2 heterocycles. The zero-order chi connectivity index (χ0) is 50.4. The van der Waals surface area contributed by atoms with Crippen LogP contribution in [0.2, 0.25) is 5.02 Å². The van der Waals surface area contributed by atoms with E-state index in [1.165, 1.54) is 33.3 Å². The molecule has 0 atom stereocenters. The Labute approximate surface area is 376 Å². The van der Waals surface area contributed by atoms with Crippen molar-refractivity contribution in [2.75, 3.05) is 44.4 Å². The van der Waals surface area contributed by atoms with Crippen LogP contribution >= 0.6 is 19.2 Å². The summed E-state index contributed by atoms with van der Waals surface area (Å²) in [5.41, 5.74) is -2.34. The van der Waals surface area contributed by atoms with E-state index >= 15 is 0 Å². The Balaban J connectivity index is 0.000000377. The molecule has 0 saturated carbocycles. The third-order valence-corrected chi connectivity index (χ3v) is 11.7. The van der Waals surface area contributed by atoms with Gasteiger partial charge in [0.25, 0.3) is 21.6 Å². The number of nitro groups is 1. The van der Waals surface area contributed by atoms with E-state index in [2.05, 4.69) is 25.6 Å². The number of sulfone groups is 1. The zero-order valence-electron chi connectivity index (χ0n) is 33.8. The quantitative estimate of drug-likeness (QED) is 0.0482. The van der Waals surface area contributed by atoms with Gasteiger partial charge in [0.15, 0.2) is 14.9 Å². The number of aliphatic carboxylic acids is 1. The number of benzene rings is 2. The molecule has 0 radical (unpaired) electrons. The lowest BCUT2D eigenvalue weighted by molar-refractivity contribution is -0.385. The number of nitro benzene ring substituents is 1. The van der Waals surface area contributed by atoms with Crippen molar-refractivity contribution in [3.63, 3.8) is 0 Å². The third-order valence-electron chi connectivity index (χ3n) is 7.02. The van der Waals surface area contributed by atoms with Gasteiger partial charge in [-0.1, -0.05) is 18.5 Å². The number of hydrogen-bond acceptors (Lipinski definition) is 19. The molecule has 34 heteroatoms. The second-order valence-electron chi connectivity index (χ2n) is 12.1. The molecule has 2 aromatic heterocycles. The molecule has 7 N–H and O–H groups in total. The van der Waals surface area contributed by atoms with Crippen LogP contribution in [0.3, 0.4) is 0 Å². The Morgan fingerprint density at radius 2 is 1.55 bits per heavy atom. The summed E-state index contributed by atoms with van der Waals surface area (Å²) in [6, 6.07) is 7.56. The molecule has 66 heavy (non-hydrogen) atoms. The van der Waals surface area contributed by atoms with E-state index in [9.17, 15) is 67.5 Å². The summed E-state index contributed by atoms with van der Waals surface area (Å²) in [7, 11) is -13.9. The van der Waals surface area contributed by atoms with Crippen LogP contribution in [0.15, 0.2) is 70.7 Å². The molecule has 2 aromatic carbocycles. The van der Waals surface area contributed by atoms with Crippen LogP contribution < -0.4 is 34.3 Å². The van der Waals surface area contributed by atoms with Gasteiger partial charge in [-0.25, -0.2) is 36.1 Å². The van der Waals surface area contributed by atoms with Crippen molar-refractivity contribution >= 4 is 78.6 Å². The van der Waals surface area contributed by atoms with Gasteiger partial charge >= 0.3 is 25.8 Å². The standard InChI is InChI=1S/C15H10ClF3N2O6S.C14H17N5O7S2.C3H8NO5P/c1-28(25,26)20-14(22)10-7-9(3-4-12(10)21(23)24)27-13-5-2-8(6-11(13)16)15(17,18)19;1-4-27(21,22)9-6-5-7-15-12(9)28(23,24)19-14(20)18-13-16-10(25-2)8-11(17-13)26-3;5-3(6)1-4-2-10(7,8)9/h2-7H,1H3,(H,20,22);5-8H,4H2,1-3H3,(H2,16,17,18,19,20);4H,1-2H2,(H,5,6)(H2,7,8,9). The largest absolute Gasteiger partial charge is 0.481 e. The molecule has 0 unspecified atom stereocenters. The molecule has 0 fully saturated rings. The van der Waals surface area contributed by atoms with Crippen LogP contribution in [-0.2, 0) is 45.4 Å². The fourth-order valence-electron chi connectivity index (χ4n) is 4.27. The molecular formula is C32H35ClF3N8O18PS3. The Hall–Kier alpha value is -6.28. The van der Waals surface area contributed by atoms with Crippen molar-refractivity contribution in [3.05, 3.63) is 87.1 Å². The first kappa shape index (κ1) is 55.9. The van der Waals surface area contributed by atoms with Crippen LogP contribution in [0.4, 0.5) is 29.6 Å². The number of carboxylic acid groups (broad SMARTS) is 1. The number of sulfonamides is 2. The number of carbonyl (C=O) groups excluding carboxylic acids is 2. The lowest BCUT2D eigenvalue weighted by Crippen LogP contribution is -2.36. The van der Waals surface area contributed by atoms with Crippen molar-refractivity contribution in [2.45, 2.75) is 23.0 Å². The molecule has 362 valence electrons. The summed E-state index contributed by atoms with van der Waals surface area (Å²) in [5, 5.41) is 22.0. The number of nitrogens with one attached hydrogen (secondary N) is 4. The summed E-state index contributed by atoms with van der Waals surface area (Å²) in [5.74, 6) is -3.34. The zero-order valence-corrected chi connectivity index (χ0v) is 37.9. The molecule has 0 aliphatic heterocycles. The van der Waals surface area contributed by atoms with Crippen molar-refractivity contribution in [1.29, 1.82) is 0 Å². The minimum atomic E-state index is -4.62. The Morgan fingerprint density at radius 3 is 2.03 bits per heavy atom. The van der Waals surface area contributed by atoms with Gasteiger partial charge in [-0.05, 0) is 36.4 Å². The van der Waals surface area contributed by atoms with Gasteiger partial charge in [-0.3, -0.25) is 34.9 Å². The van der Waals surface area contributed by atoms with Crippen molar-refractivity contribution in [1.82, 2.24) is 29.7 Å². The number of halogens is 4. The highest BCUT2D eigenvalue weighted by Crippen LogP contribution is 2.37. The van der Waals surface area contributed by atoms with Crippen LogP contribution in [0, 0.1) is 10.1 Å². The van der Waals surface area contributed by atoms with Gasteiger partial charge in [-0.2, -0.15) is 31.6 Å². The molecule has 0 aliphatic carbocycles. The SMILES string of the molecule is CCS(=O)(=O)c1cccnc1S(=O)(=O)NC(=O)Nc1nc(OC)cc(OC)n1.CS(=O)(=O)NC(=O)c1cc(Oc2ccc(C(F)(F)F)cc2Cl)ccc1[N+](=O)[O-].O=C(O)CNCP(=O)(O)O. The van der Waals surface area contributed by atoms with Crippen LogP contribution in [0.5, 0.6) is 23.3 Å². The monoisotopic (exact) mass is 1040 g/mol. The summed E-state index contributed by atoms with van der Waals surface area (Å²) in [4.78, 5) is 71.1. The highest BCUT2D eigenvalue weighted by Gasteiger charge is 2.32. The fourth-order valence-corrected chi connectivity index (χ4v) is 7.89. The van der Waals surface area contributed by atoms with Crippen molar-refractivity contribution < 1.29 is 91.4 Å². The second kappa shape index (κ2) is 23.3. The Bertz CT molecular complexity index is 2820. The van der Waals surface area contributed by atoms with E-state index in [-0.39, 0.29) is 35.0 Å². The number of pyridine rings is 1. The van der Waals surface area contributed by atoms with Crippen molar-refractivity contribution in [2.24, 2.45) is 0 Å². The average Bonchev–Trinajstić information content (AvgIpc) is 3.19. The highest BCUT2D eigenvalue weighted by molar-refractivity contribution is 7.93. The second-order valence-corrected chi connectivity index (χ2v) is 19.7. The van der Waals surface area contributed by atoms with Crippen molar-refractivity contribution in [3.8, 4) is 23.3 Å². The van der Waals surface area contributed by atoms with Gasteiger partial charge in [0.2, 0.25) is 27.7 Å². The Morgan fingerprint density at radius 1 is 0.939 bits per heavy atom. The number of urea groups is 1. The number of ether oxygens (including phenoxy) is 3. The number of hydrogen-bond donors (Lipinski definition) is 7. The predicted octanol–water partition coefficient (Wildman–Crippen LogP) is 2.74. The van der Waals surface area contributed by atoms with Crippen LogP contribution in [0.25, 0.3) is 0 Å². The van der Waals surface area contributed by atoms with Gasteiger partial charge < -0.3 is 29.1 Å². The van der Waals surface area contributed by atoms with E-state index in [4.69, 9.17) is 40.7 Å². The molecule has 26 nitrogen and oxygen atoms in total. The maximum absolute atomic E-state index is 12.7. The van der Waals surface area contributed by atoms with E-state index < -0.39 is 111 Å². The molecule has 4 rings (SSSR count). The molecule has 0 saturated heterocycles. The summed E-state index contributed by atoms with van der Waals surface area (Å²) < 4.78 is 138. The number of alkyl halides is 3. The molecule has 0 spiro atoms. The maximum Gasteiger partial charge on any atom is 0.416 e. The van der Waals surface area contributed by atoms with Gasteiger partial charge in [0, 0.05) is 18.3 Å². The molecular weight excluding hydrogens is 1000 g/mol. The first-order chi connectivity index (χ1) is 30.3. The lowest BCUT2D eigenvalue weighted by atomic mass is 10.1. The fraction of sp³-hybridized carbons (Fsp3) is 0.250. The predicted molar refractivity (Wildman–Crippen MR) is 221 cm³/mol. The van der Waals surface area contributed by atoms with Gasteiger partial charge in [-0.15, -0.1) is 0 Å². The van der Waals surface area contributed by atoms with E-state index in [0.717, 1.165) is 36.5 Å². The molecule has 4 aromatic rings. The lowest BCUT2D eigenvalue weighted by Gasteiger charge is -2.12. The summed E-state index contributed by atoms with van der Waals surface area (Å²) in [6.45, 7) is 0.914. The smallest absolute Gasteiger partial charge is 0.416 e. The average molecular weight is 1040 g/mol. The number of methoxy groups -OCH3 is 2. The topological polar surface area (TPSA) is 389 Å². The molecule has 0 aliphatic rings. The third kappa shape index (κ3) is 18.3. The minimum absolute atomic E-state index is 0.0612. The Kier molecular flexibility index (Phi) is 19.7. The number of aromatic nitrogens is 3. The van der Waals surface area contributed by atoms with Gasteiger partial charge in [0.05, 0.1) is 60.6 Å². The highest BCUT2D eigenvalue weighted by atomic mass is 35.5. The van der Waals surface area contributed by atoms with E-state index in [1.54, 1.807) is 9.44 Å². The molecule has 3 amide bonds. The molecule has 0 bridgehead atoms. The first-order valence-corrected chi connectivity index (χ1v) is 24.3. The first-order valence-electron chi connectivity index (χ1n) is 17.1. The van der Waals surface area contributed by atoms with E-state index in [0.29, 0.717) is 18.4 Å². The van der Waals surface area contributed by atoms with Crippen LogP contribution in [-0.4, -0.2) is 117 Å². The summed E-state index contributed by atoms with van der Waals surface area (Å²) >= 11 is 5.76. The maximum atomic E-state index is 12.7. The summed E-state index contributed by atoms with van der Waals surface area (Å²) in [6.07, 6.45) is -3.44. The number of carboxylic acids is 1. The number of anilines is 1. The number of carbonyl (C=O) groups is 3. The van der Waals surface area contributed by atoms with Crippen LogP contribution in [0.1, 0.15) is 22.8 Å². The number of nitrogens with zero attached hydrogens (tertiary/aromatic N) is 4. The number of rotatable bonds is 16.